The van der Waals surface area contributed by atoms with E-state index < -0.39 is 0 Å². The minimum absolute atomic E-state index is 0.925. The average Bonchev–Trinajstić information content (AvgIpc) is 2.75. The van der Waals surface area contributed by atoms with Crippen LogP contribution in [0.25, 0.3) is 0 Å². The van der Waals surface area contributed by atoms with Gasteiger partial charge in [0.2, 0.25) is 0 Å². The van der Waals surface area contributed by atoms with Crippen molar-refractivity contribution in [3.05, 3.63) is 0 Å². The van der Waals surface area contributed by atoms with Crippen LogP contribution in [0.3, 0.4) is 0 Å². The second-order valence-electron chi connectivity index (χ2n) is 5.53. The maximum absolute atomic E-state index is 2.76. The van der Waals surface area contributed by atoms with Crippen LogP contribution < -0.4 is 0 Å². The Balaban J connectivity index is 1.67. The van der Waals surface area contributed by atoms with Gasteiger partial charge >= 0.3 is 0 Å². The predicted molar refractivity (Wildman–Crippen MR) is 66.1 cm³/mol. The maximum atomic E-state index is 2.76. The molecule has 0 radical (unpaired) electrons. The summed E-state index contributed by atoms with van der Waals surface area (Å²) in [6.45, 7) is 5.12. The normalized spacial score (nSPS) is 29.8. The molecule has 1 saturated carbocycles. The van der Waals surface area contributed by atoms with E-state index >= 15 is 0 Å². The first kappa shape index (κ1) is 11.4. The van der Waals surface area contributed by atoms with Gasteiger partial charge in [0.05, 0.1) is 0 Å². The Morgan fingerprint density at radius 2 is 1.80 bits per heavy atom. The van der Waals surface area contributed by atoms with Crippen molar-refractivity contribution in [3.8, 4) is 0 Å². The lowest BCUT2D eigenvalue weighted by Crippen LogP contribution is -2.31. The quantitative estimate of drug-likeness (QED) is 0.680. The van der Waals surface area contributed by atoms with E-state index in [0.29, 0.717) is 0 Å². The Morgan fingerprint density at radius 3 is 2.53 bits per heavy atom. The molecule has 0 aromatic rings. The standard InChI is InChI=1S/C14H27N/c1-2-14-9-6-11-15(14)12-10-13-7-4-3-5-8-13/h13-14H,2-12H2,1H3. The first-order valence-electron chi connectivity index (χ1n) is 7.14. The van der Waals surface area contributed by atoms with E-state index in [1.165, 1.54) is 70.9 Å². The molecule has 2 rings (SSSR count). The lowest BCUT2D eigenvalue weighted by atomic mass is 9.87. The number of nitrogens with zero attached hydrogens (tertiary/aromatic N) is 1. The van der Waals surface area contributed by atoms with E-state index in [4.69, 9.17) is 0 Å². The highest BCUT2D eigenvalue weighted by molar-refractivity contribution is 4.79. The van der Waals surface area contributed by atoms with E-state index in [1.54, 1.807) is 0 Å². The molecule has 1 heterocycles. The average molecular weight is 209 g/mol. The van der Waals surface area contributed by atoms with Crippen molar-refractivity contribution < 1.29 is 0 Å². The lowest BCUT2D eigenvalue weighted by Gasteiger charge is -2.27. The summed E-state index contributed by atoms with van der Waals surface area (Å²) in [5, 5.41) is 0. The highest BCUT2D eigenvalue weighted by Crippen LogP contribution is 2.28. The summed E-state index contributed by atoms with van der Waals surface area (Å²) in [7, 11) is 0. The largest absolute Gasteiger partial charge is 0.300 e. The van der Waals surface area contributed by atoms with Crippen molar-refractivity contribution in [1.82, 2.24) is 4.90 Å². The fraction of sp³-hybridized carbons (Fsp3) is 1.00. The van der Waals surface area contributed by atoms with Crippen LogP contribution in [0.5, 0.6) is 0 Å². The summed E-state index contributed by atoms with van der Waals surface area (Å²) in [5.74, 6) is 1.07. The Kier molecular flexibility index (Phi) is 4.49. The maximum Gasteiger partial charge on any atom is 0.00931 e. The zero-order valence-corrected chi connectivity index (χ0v) is 10.4. The molecule has 1 nitrogen and oxygen atoms in total. The minimum atomic E-state index is 0.925. The van der Waals surface area contributed by atoms with Crippen molar-refractivity contribution in [2.45, 2.75) is 70.8 Å². The highest BCUT2D eigenvalue weighted by Gasteiger charge is 2.23. The fourth-order valence-electron chi connectivity index (χ4n) is 3.48. The summed E-state index contributed by atoms with van der Waals surface area (Å²) in [5.41, 5.74) is 0. The van der Waals surface area contributed by atoms with E-state index in [2.05, 4.69) is 11.8 Å². The molecule has 0 aromatic carbocycles. The molecule has 1 unspecified atom stereocenters. The van der Waals surface area contributed by atoms with E-state index in [1.807, 2.05) is 0 Å². The molecule has 2 fully saturated rings. The van der Waals surface area contributed by atoms with Crippen molar-refractivity contribution in [1.29, 1.82) is 0 Å². The van der Waals surface area contributed by atoms with Gasteiger partial charge in [0.25, 0.3) is 0 Å². The Labute approximate surface area is 95.2 Å². The van der Waals surface area contributed by atoms with Crippen LogP contribution in [0.4, 0.5) is 0 Å². The van der Waals surface area contributed by atoms with Gasteiger partial charge < -0.3 is 4.90 Å². The van der Waals surface area contributed by atoms with Gasteiger partial charge in [-0.25, -0.2) is 0 Å². The van der Waals surface area contributed by atoms with Crippen LogP contribution in [0, 0.1) is 5.92 Å². The van der Waals surface area contributed by atoms with Crippen LogP contribution in [-0.2, 0) is 0 Å². The van der Waals surface area contributed by atoms with Crippen LogP contribution in [-0.4, -0.2) is 24.0 Å². The zero-order chi connectivity index (χ0) is 10.5. The molecule has 88 valence electrons. The Morgan fingerprint density at radius 1 is 1.00 bits per heavy atom. The number of hydrogen-bond donors (Lipinski definition) is 0. The van der Waals surface area contributed by atoms with Crippen LogP contribution in [0.15, 0.2) is 0 Å². The molecule has 1 atom stereocenters. The van der Waals surface area contributed by atoms with Gasteiger partial charge in [0.1, 0.15) is 0 Å². The second kappa shape index (κ2) is 5.89. The SMILES string of the molecule is CCC1CCCN1CCC1CCCCC1. The number of rotatable bonds is 4. The summed E-state index contributed by atoms with van der Waals surface area (Å²) in [4.78, 5) is 2.76. The van der Waals surface area contributed by atoms with Gasteiger partial charge in [-0.2, -0.15) is 0 Å². The van der Waals surface area contributed by atoms with Crippen molar-refractivity contribution >= 4 is 0 Å². The summed E-state index contributed by atoms with van der Waals surface area (Å²) in [6, 6.07) is 0.925. The van der Waals surface area contributed by atoms with E-state index in [-0.39, 0.29) is 0 Å². The number of likely N-dealkylation sites (tertiary alicyclic amines) is 1. The van der Waals surface area contributed by atoms with Crippen LogP contribution in [0.1, 0.15) is 64.7 Å². The van der Waals surface area contributed by atoms with Gasteiger partial charge in [0, 0.05) is 6.04 Å². The molecule has 1 aliphatic heterocycles. The highest BCUT2D eigenvalue weighted by atomic mass is 15.2. The molecule has 1 heteroatoms. The molecule has 0 spiro atoms. The number of hydrogen-bond acceptors (Lipinski definition) is 1. The Hall–Kier alpha value is -0.0400. The molecular formula is C14H27N. The third-order valence-electron chi connectivity index (χ3n) is 4.52. The molecule has 0 amide bonds. The van der Waals surface area contributed by atoms with E-state index in [0.717, 1.165) is 12.0 Å². The Bertz CT molecular complexity index is 172. The molecular weight excluding hydrogens is 182 g/mol. The molecule has 0 bridgehead atoms. The van der Waals surface area contributed by atoms with Crippen molar-refractivity contribution in [2.75, 3.05) is 13.1 Å². The van der Waals surface area contributed by atoms with Crippen molar-refractivity contribution in [3.63, 3.8) is 0 Å². The van der Waals surface area contributed by atoms with E-state index in [9.17, 15) is 0 Å². The van der Waals surface area contributed by atoms with Gasteiger partial charge in [-0.05, 0) is 44.7 Å². The summed E-state index contributed by atoms with van der Waals surface area (Å²) in [6.07, 6.45) is 13.3. The fourth-order valence-corrected chi connectivity index (χ4v) is 3.48. The van der Waals surface area contributed by atoms with Gasteiger partial charge in [-0.15, -0.1) is 0 Å². The second-order valence-corrected chi connectivity index (χ2v) is 5.53. The topological polar surface area (TPSA) is 3.24 Å². The first-order chi connectivity index (χ1) is 7.40. The first-order valence-corrected chi connectivity index (χ1v) is 7.14. The van der Waals surface area contributed by atoms with Gasteiger partial charge in [-0.1, -0.05) is 39.0 Å². The zero-order valence-electron chi connectivity index (χ0n) is 10.4. The van der Waals surface area contributed by atoms with Gasteiger partial charge in [-0.3, -0.25) is 0 Å². The third kappa shape index (κ3) is 3.21. The molecule has 1 aliphatic carbocycles. The molecule has 15 heavy (non-hydrogen) atoms. The molecule has 0 N–H and O–H groups in total. The molecule has 2 aliphatic rings. The van der Waals surface area contributed by atoms with Crippen LogP contribution in [0.2, 0.25) is 0 Å². The molecule has 1 saturated heterocycles. The van der Waals surface area contributed by atoms with Crippen LogP contribution >= 0.6 is 0 Å². The lowest BCUT2D eigenvalue weighted by molar-refractivity contribution is 0.214. The van der Waals surface area contributed by atoms with Crippen molar-refractivity contribution in [2.24, 2.45) is 5.92 Å². The smallest absolute Gasteiger partial charge is 0.00931 e. The molecule has 0 aromatic heterocycles. The summed E-state index contributed by atoms with van der Waals surface area (Å²) < 4.78 is 0. The minimum Gasteiger partial charge on any atom is -0.300 e. The predicted octanol–water partition coefficient (Wildman–Crippen LogP) is 3.83. The summed E-state index contributed by atoms with van der Waals surface area (Å²) >= 11 is 0. The monoisotopic (exact) mass is 209 g/mol. The van der Waals surface area contributed by atoms with Gasteiger partial charge in [0.15, 0.2) is 0 Å². The third-order valence-corrected chi connectivity index (χ3v) is 4.52.